The Morgan fingerprint density at radius 2 is 1.86 bits per heavy atom. The summed E-state index contributed by atoms with van der Waals surface area (Å²) in [4.78, 5) is 0. The molecule has 126 valence electrons. The Bertz CT molecular complexity index is 354. The maximum atomic E-state index is 10.5. The number of rotatable bonds is 11. The van der Waals surface area contributed by atoms with Gasteiger partial charge >= 0.3 is 9.15 Å². The van der Waals surface area contributed by atoms with E-state index in [1.54, 1.807) is 0 Å². The molecule has 0 unspecified atom stereocenters. The summed E-state index contributed by atoms with van der Waals surface area (Å²) in [6, 6.07) is 0. The summed E-state index contributed by atoms with van der Waals surface area (Å²) in [5, 5.41) is 3.17. The molecule has 0 aromatic carbocycles. The fraction of sp³-hybridized carbons (Fsp3) is 1.00. The van der Waals surface area contributed by atoms with Crippen molar-refractivity contribution < 1.29 is 17.7 Å². The molecule has 5 nitrogen and oxygen atoms in total. The number of hydrogen-bond acceptors (Lipinski definition) is 5. The lowest BCUT2D eigenvalue weighted by molar-refractivity contribution is 0.0179. The third kappa shape index (κ3) is 11.4. The van der Waals surface area contributed by atoms with Crippen LogP contribution in [0.5, 0.6) is 0 Å². The van der Waals surface area contributed by atoms with Crippen molar-refractivity contribution in [2.24, 2.45) is 5.92 Å². The Labute approximate surface area is 132 Å². The smallest absolute Gasteiger partial charge is 0.319 e. The quantitative estimate of drug-likeness (QED) is 0.342. The van der Waals surface area contributed by atoms with Gasteiger partial charge in [0.2, 0.25) is 0 Å². The first kappa shape index (κ1) is 19.2. The molecule has 1 aliphatic carbocycles. The molecule has 0 atom stereocenters. The lowest BCUT2D eigenvalue weighted by Crippen LogP contribution is -2.21. The Morgan fingerprint density at radius 3 is 2.52 bits per heavy atom. The van der Waals surface area contributed by atoms with E-state index in [-0.39, 0.29) is 0 Å². The molecule has 1 aliphatic rings. The van der Waals surface area contributed by atoms with Gasteiger partial charge in [0.15, 0.2) is 0 Å². The topological polar surface area (TPSA) is 75.6 Å². The molecule has 2 N–H and O–H groups in total. The standard InChI is InChI=1S/C14H29NO4S2/c1-13-5-7-14(8-6-13)19-11-4-2-3-9-15-10-12-20-21(16,17)18/h13-15H,2-12H2,1H3,(H,16,17,18). The van der Waals surface area contributed by atoms with Crippen molar-refractivity contribution in [3.05, 3.63) is 0 Å². The molecule has 1 rings (SSSR count). The van der Waals surface area contributed by atoms with Gasteiger partial charge < -0.3 is 10.1 Å². The molecular formula is C14H29NO4S2. The fourth-order valence-electron chi connectivity index (χ4n) is 2.52. The van der Waals surface area contributed by atoms with Crippen LogP contribution in [0.25, 0.3) is 0 Å². The number of nitrogens with one attached hydrogen (secondary N) is 1. The summed E-state index contributed by atoms with van der Waals surface area (Å²) in [6.07, 6.45) is 8.81. The van der Waals surface area contributed by atoms with E-state index in [9.17, 15) is 8.42 Å². The fourth-order valence-corrected chi connectivity index (χ4v) is 3.84. The molecule has 0 spiro atoms. The van der Waals surface area contributed by atoms with Crippen LogP contribution in [-0.2, 0) is 13.9 Å². The van der Waals surface area contributed by atoms with Gasteiger partial charge in [-0.05, 0) is 68.2 Å². The molecule has 0 aromatic rings. The molecule has 21 heavy (non-hydrogen) atoms. The first-order chi connectivity index (χ1) is 9.97. The van der Waals surface area contributed by atoms with Crippen LogP contribution in [0.3, 0.4) is 0 Å². The SMILES string of the molecule is CC1CCC(OCCCCCNCCSS(=O)(=O)O)CC1. The average Bonchev–Trinajstić information content (AvgIpc) is 2.42. The molecule has 0 radical (unpaired) electrons. The van der Waals surface area contributed by atoms with Gasteiger partial charge in [0.05, 0.1) is 6.10 Å². The van der Waals surface area contributed by atoms with Crippen LogP contribution in [0, 0.1) is 5.92 Å². The highest BCUT2D eigenvalue weighted by molar-refractivity contribution is 8.69. The largest absolute Gasteiger partial charge is 0.378 e. The van der Waals surface area contributed by atoms with Crippen molar-refractivity contribution in [1.82, 2.24) is 5.32 Å². The normalized spacial score (nSPS) is 23.3. The van der Waals surface area contributed by atoms with E-state index < -0.39 is 9.15 Å². The minimum Gasteiger partial charge on any atom is -0.378 e. The minimum atomic E-state index is -3.88. The Hall–Kier alpha value is 0.180. The zero-order valence-electron chi connectivity index (χ0n) is 12.9. The van der Waals surface area contributed by atoms with Gasteiger partial charge in [-0.25, -0.2) is 0 Å². The molecule has 0 bridgehead atoms. The van der Waals surface area contributed by atoms with Crippen LogP contribution in [0.4, 0.5) is 0 Å². The highest BCUT2D eigenvalue weighted by Crippen LogP contribution is 2.25. The van der Waals surface area contributed by atoms with E-state index >= 15 is 0 Å². The van der Waals surface area contributed by atoms with E-state index in [2.05, 4.69) is 12.2 Å². The highest BCUT2D eigenvalue weighted by atomic mass is 33.1. The second-order valence-electron chi connectivity index (χ2n) is 5.81. The molecule has 7 heteroatoms. The first-order valence-corrected chi connectivity index (χ1v) is 10.9. The van der Waals surface area contributed by atoms with Gasteiger partial charge in [0.25, 0.3) is 0 Å². The van der Waals surface area contributed by atoms with Gasteiger partial charge in [-0.2, -0.15) is 8.42 Å². The Kier molecular flexibility index (Phi) is 9.92. The van der Waals surface area contributed by atoms with Gasteiger partial charge in [-0.1, -0.05) is 6.92 Å². The van der Waals surface area contributed by atoms with E-state index in [1.165, 1.54) is 25.7 Å². The monoisotopic (exact) mass is 339 g/mol. The van der Waals surface area contributed by atoms with Crippen LogP contribution in [0.2, 0.25) is 0 Å². The summed E-state index contributed by atoms with van der Waals surface area (Å²) in [5.41, 5.74) is 0. The molecule has 0 amide bonds. The molecule has 1 fully saturated rings. The second-order valence-corrected chi connectivity index (χ2v) is 9.28. The minimum absolute atomic E-state index is 0.377. The lowest BCUT2D eigenvalue weighted by atomic mass is 9.89. The van der Waals surface area contributed by atoms with Crippen LogP contribution < -0.4 is 5.32 Å². The first-order valence-electron chi connectivity index (χ1n) is 7.91. The molecular weight excluding hydrogens is 310 g/mol. The third-order valence-corrected chi connectivity index (χ3v) is 5.89. The summed E-state index contributed by atoms with van der Waals surface area (Å²) in [7, 11) is -3.32. The summed E-state index contributed by atoms with van der Waals surface area (Å²) < 4.78 is 35.4. The zero-order chi connectivity index (χ0) is 15.6. The van der Waals surface area contributed by atoms with E-state index in [4.69, 9.17) is 9.29 Å². The van der Waals surface area contributed by atoms with Gasteiger partial charge in [-0.3, -0.25) is 4.55 Å². The Morgan fingerprint density at radius 1 is 1.14 bits per heavy atom. The number of ether oxygens (including phenoxy) is 1. The molecule has 0 heterocycles. The molecule has 0 aliphatic heterocycles. The van der Waals surface area contributed by atoms with Crippen molar-refractivity contribution in [3.63, 3.8) is 0 Å². The number of unbranched alkanes of at least 4 members (excludes halogenated alkanes) is 2. The summed E-state index contributed by atoms with van der Waals surface area (Å²) in [6.45, 7) is 4.66. The van der Waals surface area contributed by atoms with Gasteiger partial charge in [0.1, 0.15) is 0 Å². The average molecular weight is 340 g/mol. The molecule has 0 aromatic heterocycles. The maximum absolute atomic E-state index is 10.5. The van der Waals surface area contributed by atoms with Crippen LogP contribution >= 0.6 is 10.8 Å². The predicted octanol–water partition coefficient (Wildman–Crippen LogP) is 2.88. The van der Waals surface area contributed by atoms with E-state index in [1.807, 2.05) is 0 Å². The third-order valence-electron chi connectivity index (χ3n) is 3.83. The zero-order valence-corrected chi connectivity index (χ0v) is 14.6. The van der Waals surface area contributed by atoms with Crippen molar-refractivity contribution in [2.75, 3.05) is 25.4 Å². The van der Waals surface area contributed by atoms with Gasteiger partial charge in [-0.15, -0.1) is 0 Å². The van der Waals surface area contributed by atoms with E-state index in [0.29, 0.717) is 29.2 Å². The summed E-state index contributed by atoms with van der Waals surface area (Å²) in [5.74, 6) is 1.25. The van der Waals surface area contributed by atoms with Crippen molar-refractivity contribution in [2.45, 2.75) is 58.0 Å². The van der Waals surface area contributed by atoms with Gasteiger partial charge in [0, 0.05) is 18.9 Å². The van der Waals surface area contributed by atoms with Crippen molar-refractivity contribution in [3.8, 4) is 0 Å². The Balaban J connectivity index is 1.80. The van der Waals surface area contributed by atoms with Crippen LogP contribution in [0.15, 0.2) is 0 Å². The maximum Gasteiger partial charge on any atom is 0.319 e. The predicted molar refractivity (Wildman–Crippen MR) is 88.1 cm³/mol. The van der Waals surface area contributed by atoms with Crippen LogP contribution in [-0.4, -0.2) is 44.5 Å². The second kappa shape index (κ2) is 10.8. The molecule has 1 saturated carbocycles. The highest BCUT2D eigenvalue weighted by Gasteiger charge is 2.17. The van der Waals surface area contributed by atoms with Crippen LogP contribution in [0.1, 0.15) is 51.9 Å². The summed E-state index contributed by atoms with van der Waals surface area (Å²) >= 11 is 0. The van der Waals surface area contributed by atoms with E-state index in [0.717, 1.165) is 38.3 Å². The molecule has 0 saturated heterocycles. The van der Waals surface area contributed by atoms with Crippen molar-refractivity contribution >= 4 is 19.9 Å². The number of hydrogen-bond donors (Lipinski definition) is 2. The van der Waals surface area contributed by atoms with Crippen molar-refractivity contribution in [1.29, 1.82) is 0 Å². The lowest BCUT2D eigenvalue weighted by Gasteiger charge is -2.26.